The zero-order valence-electron chi connectivity index (χ0n) is 14.7. The number of carboxylic acids is 1. The van der Waals surface area contributed by atoms with Crippen LogP contribution in [0.5, 0.6) is 0 Å². The van der Waals surface area contributed by atoms with Gasteiger partial charge in [0.2, 0.25) is 5.95 Å². The number of rotatable bonds is 6. The third kappa shape index (κ3) is 5.14. The van der Waals surface area contributed by atoms with Crippen LogP contribution in [0.2, 0.25) is 5.02 Å². The van der Waals surface area contributed by atoms with E-state index in [2.05, 4.69) is 20.6 Å². The van der Waals surface area contributed by atoms with Gasteiger partial charge in [-0.2, -0.15) is 18.2 Å². The summed E-state index contributed by atoms with van der Waals surface area (Å²) in [5.74, 6) is -1.18. The van der Waals surface area contributed by atoms with E-state index in [4.69, 9.17) is 16.7 Å². The molecule has 0 fully saturated rings. The van der Waals surface area contributed by atoms with Gasteiger partial charge in [-0.3, -0.25) is 4.79 Å². The Labute approximate surface area is 168 Å². The maximum atomic E-state index is 13.4. The lowest BCUT2D eigenvalue weighted by Crippen LogP contribution is -2.15. The molecule has 0 radical (unpaired) electrons. The van der Waals surface area contributed by atoms with E-state index in [1.54, 1.807) is 30.3 Å². The molecular weight excluding hydrogens is 409 g/mol. The van der Waals surface area contributed by atoms with Crippen LogP contribution in [-0.4, -0.2) is 27.6 Å². The molecule has 2 aromatic carbocycles. The Morgan fingerprint density at radius 3 is 2.45 bits per heavy atom. The number of hydrogen-bond donors (Lipinski definition) is 3. The quantitative estimate of drug-likeness (QED) is 0.515. The number of aliphatic carboxylic acids is 1. The fourth-order valence-corrected chi connectivity index (χ4v) is 2.74. The van der Waals surface area contributed by atoms with Crippen molar-refractivity contribution in [2.45, 2.75) is 6.18 Å². The van der Waals surface area contributed by atoms with Crippen LogP contribution in [0.15, 0.2) is 54.6 Å². The topological polar surface area (TPSA) is 87.1 Å². The molecule has 10 heteroatoms. The highest BCUT2D eigenvalue weighted by Crippen LogP contribution is 2.40. The first-order valence-corrected chi connectivity index (χ1v) is 8.65. The number of carbonyl (C=O) groups is 1. The minimum atomic E-state index is -4.63. The van der Waals surface area contributed by atoms with Gasteiger partial charge in [0.05, 0.1) is 22.0 Å². The number of nitrogens with one attached hydrogen (secondary N) is 2. The van der Waals surface area contributed by atoms with Crippen molar-refractivity contribution in [2.24, 2.45) is 0 Å². The Bertz CT molecular complexity index is 1030. The van der Waals surface area contributed by atoms with Gasteiger partial charge in [0.1, 0.15) is 12.4 Å². The molecule has 3 N–H and O–H groups in total. The van der Waals surface area contributed by atoms with Gasteiger partial charge in [-0.15, -0.1) is 0 Å². The first-order valence-electron chi connectivity index (χ1n) is 8.27. The third-order valence-corrected chi connectivity index (χ3v) is 4.08. The van der Waals surface area contributed by atoms with Crippen molar-refractivity contribution in [2.75, 3.05) is 17.2 Å². The lowest BCUT2D eigenvalue weighted by molar-refractivity contribution is -0.137. The molecule has 3 rings (SSSR count). The third-order valence-electron chi connectivity index (χ3n) is 3.77. The van der Waals surface area contributed by atoms with Crippen molar-refractivity contribution < 1.29 is 23.1 Å². The second-order valence-corrected chi connectivity index (χ2v) is 6.27. The second kappa shape index (κ2) is 8.36. The smallest absolute Gasteiger partial charge is 0.418 e. The molecule has 0 amide bonds. The van der Waals surface area contributed by atoms with Crippen molar-refractivity contribution >= 4 is 35.0 Å². The number of halogens is 4. The minimum Gasteiger partial charge on any atom is -0.480 e. The molecule has 6 nitrogen and oxygen atoms in total. The zero-order chi connectivity index (χ0) is 21.0. The number of alkyl halides is 3. The van der Waals surface area contributed by atoms with Crippen LogP contribution in [0.3, 0.4) is 0 Å². The molecule has 0 bridgehead atoms. The van der Waals surface area contributed by atoms with Gasteiger partial charge in [0.25, 0.3) is 0 Å². The first-order chi connectivity index (χ1) is 13.7. The SMILES string of the molecule is O=C(O)CNc1nc(Nc2c(Cl)cccc2C(F)(F)F)cc(-c2ccccc2)n1. The summed E-state index contributed by atoms with van der Waals surface area (Å²) in [7, 11) is 0. The Hall–Kier alpha value is -3.33. The fourth-order valence-electron chi connectivity index (χ4n) is 2.52. The number of anilines is 3. The van der Waals surface area contributed by atoms with E-state index in [0.717, 1.165) is 6.07 Å². The molecule has 0 aliphatic carbocycles. The van der Waals surface area contributed by atoms with E-state index in [1.165, 1.54) is 18.2 Å². The number of nitrogens with zero attached hydrogens (tertiary/aromatic N) is 2. The molecule has 0 aliphatic heterocycles. The van der Waals surface area contributed by atoms with Gasteiger partial charge < -0.3 is 15.7 Å². The second-order valence-electron chi connectivity index (χ2n) is 5.86. The standard InChI is InChI=1S/C19H14ClF3N4O2/c20-13-8-4-7-12(19(21,22)23)17(13)26-15-9-14(11-5-2-1-3-6-11)25-18(27-15)24-10-16(28)29/h1-9H,10H2,(H,28,29)(H2,24,25,26,27). The molecule has 1 heterocycles. The van der Waals surface area contributed by atoms with Crippen LogP contribution >= 0.6 is 11.6 Å². The molecular formula is C19H14ClF3N4O2. The van der Waals surface area contributed by atoms with Crippen LogP contribution in [0.25, 0.3) is 11.3 Å². The van der Waals surface area contributed by atoms with Gasteiger partial charge in [-0.25, -0.2) is 4.98 Å². The van der Waals surface area contributed by atoms with Crippen LogP contribution < -0.4 is 10.6 Å². The molecule has 0 unspecified atom stereocenters. The van der Waals surface area contributed by atoms with Crippen molar-refractivity contribution in [1.82, 2.24) is 9.97 Å². The molecule has 0 aliphatic rings. The van der Waals surface area contributed by atoms with E-state index in [-0.39, 0.29) is 22.5 Å². The van der Waals surface area contributed by atoms with Crippen molar-refractivity contribution in [1.29, 1.82) is 0 Å². The van der Waals surface area contributed by atoms with Gasteiger partial charge in [-0.05, 0) is 12.1 Å². The molecule has 0 spiro atoms. The molecule has 3 aromatic rings. The number of aromatic nitrogens is 2. The molecule has 0 saturated carbocycles. The Balaban J connectivity index is 2.05. The van der Waals surface area contributed by atoms with Crippen molar-refractivity contribution in [3.8, 4) is 11.3 Å². The summed E-state index contributed by atoms with van der Waals surface area (Å²) in [5.41, 5.74) is -0.253. The first kappa shape index (κ1) is 20.4. The van der Waals surface area contributed by atoms with Crippen LogP contribution in [0.4, 0.5) is 30.6 Å². The number of para-hydroxylation sites is 1. The maximum Gasteiger partial charge on any atom is 0.418 e. The fraction of sp³-hybridized carbons (Fsp3) is 0.105. The molecule has 150 valence electrons. The van der Waals surface area contributed by atoms with Gasteiger partial charge in [0.15, 0.2) is 0 Å². The summed E-state index contributed by atoms with van der Waals surface area (Å²) < 4.78 is 40.1. The Morgan fingerprint density at radius 2 is 1.79 bits per heavy atom. The van der Waals surface area contributed by atoms with Crippen molar-refractivity contribution in [3.63, 3.8) is 0 Å². The lowest BCUT2D eigenvalue weighted by Gasteiger charge is -2.16. The minimum absolute atomic E-state index is 0.0188. The molecule has 0 atom stereocenters. The van der Waals surface area contributed by atoms with Gasteiger partial charge in [-0.1, -0.05) is 48.0 Å². The van der Waals surface area contributed by atoms with E-state index in [0.29, 0.717) is 11.3 Å². The summed E-state index contributed by atoms with van der Waals surface area (Å²) in [4.78, 5) is 19.1. The van der Waals surface area contributed by atoms with E-state index in [1.807, 2.05) is 0 Å². The molecule has 1 aromatic heterocycles. The summed E-state index contributed by atoms with van der Waals surface area (Å²) in [6.07, 6.45) is -4.63. The number of carboxylic acid groups (broad SMARTS) is 1. The van der Waals surface area contributed by atoms with Crippen LogP contribution in [0.1, 0.15) is 5.56 Å². The highest BCUT2D eigenvalue weighted by molar-refractivity contribution is 6.33. The van der Waals surface area contributed by atoms with Crippen LogP contribution in [0, 0.1) is 0 Å². The highest BCUT2D eigenvalue weighted by Gasteiger charge is 2.34. The lowest BCUT2D eigenvalue weighted by atomic mass is 10.1. The maximum absolute atomic E-state index is 13.4. The Morgan fingerprint density at radius 1 is 1.07 bits per heavy atom. The largest absolute Gasteiger partial charge is 0.480 e. The van der Waals surface area contributed by atoms with E-state index in [9.17, 15) is 18.0 Å². The summed E-state index contributed by atoms with van der Waals surface area (Å²) >= 11 is 5.99. The van der Waals surface area contributed by atoms with Gasteiger partial charge in [0, 0.05) is 11.6 Å². The summed E-state index contributed by atoms with van der Waals surface area (Å²) in [6.45, 7) is -0.461. The van der Waals surface area contributed by atoms with E-state index < -0.39 is 24.3 Å². The predicted molar refractivity (Wildman–Crippen MR) is 103 cm³/mol. The average molecular weight is 423 g/mol. The number of benzene rings is 2. The highest BCUT2D eigenvalue weighted by atomic mass is 35.5. The summed E-state index contributed by atoms with van der Waals surface area (Å²) in [6, 6.07) is 13.7. The Kier molecular flexibility index (Phi) is 5.88. The van der Waals surface area contributed by atoms with Crippen molar-refractivity contribution in [3.05, 3.63) is 65.2 Å². The predicted octanol–water partition coefficient (Wildman–Crippen LogP) is 5.06. The van der Waals surface area contributed by atoms with Gasteiger partial charge >= 0.3 is 12.1 Å². The normalized spacial score (nSPS) is 11.2. The monoisotopic (exact) mass is 422 g/mol. The molecule has 0 saturated heterocycles. The van der Waals surface area contributed by atoms with Crippen LogP contribution in [-0.2, 0) is 11.0 Å². The average Bonchev–Trinajstić information content (AvgIpc) is 2.67. The zero-order valence-corrected chi connectivity index (χ0v) is 15.4. The number of hydrogen-bond acceptors (Lipinski definition) is 5. The van der Waals surface area contributed by atoms with E-state index >= 15 is 0 Å². The molecule has 29 heavy (non-hydrogen) atoms. The summed E-state index contributed by atoms with van der Waals surface area (Å²) in [5, 5.41) is 13.8.